The number of fused-ring (bicyclic) bond motifs is 1. The molecule has 0 aliphatic rings. The summed E-state index contributed by atoms with van der Waals surface area (Å²) in [6.45, 7) is 2.21. The Morgan fingerprint density at radius 1 is 0.941 bits per heavy atom. The maximum absolute atomic E-state index is 12.5. The Bertz CT molecular complexity index is 1320. The zero-order valence-electron chi connectivity index (χ0n) is 18.8. The van der Waals surface area contributed by atoms with Crippen LogP contribution in [-0.4, -0.2) is 28.5 Å². The summed E-state index contributed by atoms with van der Waals surface area (Å²) in [7, 11) is 0. The number of benzene rings is 3. The third-order valence-electron chi connectivity index (χ3n) is 5.95. The zero-order chi connectivity index (χ0) is 24.1. The fourth-order valence-electron chi connectivity index (χ4n) is 3.93. The lowest BCUT2D eigenvalue weighted by atomic mass is 9.94. The van der Waals surface area contributed by atoms with Gasteiger partial charge in [-0.1, -0.05) is 60.1 Å². The number of amides is 1. The topological polar surface area (TPSA) is 79.3 Å². The molecule has 5 nitrogen and oxygen atoms in total. The molecule has 1 aromatic heterocycles. The van der Waals surface area contributed by atoms with E-state index in [1.165, 1.54) is 0 Å². The van der Waals surface area contributed by atoms with E-state index in [9.17, 15) is 14.7 Å². The lowest BCUT2D eigenvalue weighted by Crippen LogP contribution is -2.25. The maximum atomic E-state index is 12.5. The van der Waals surface area contributed by atoms with Gasteiger partial charge in [-0.2, -0.15) is 0 Å². The lowest BCUT2D eigenvalue weighted by molar-refractivity contribution is -0.138. The molecule has 0 saturated heterocycles. The average Bonchev–Trinajstić information content (AvgIpc) is 2.85. The van der Waals surface area contributed by atoms with Crippen LogP contribution in [0.1, 0.15) is 45.6 Å². The number of halogens is 1. The molecule has 4 aromatic rings. The first-order valence-corrected chi connectivity index (χ1v) is 11.5. The van der Waals surface area contributed by atoms with Crippen LogP contribution in [-0.2, 0) is 17.6 Å². The summed E-state index contributed by atoms with van der Waals surface area (Å²) in [5.74, 6) is -1.62. The summed E-state index contributed by atoms with van der Waals surface area (Å²) in [6, 6.07) is 22.8. The Morgan fingerprint density at radius 2 is 1.59 bits per heavy atom. The molecule has 4 rings (SSSR count). The summed E-state index contributed by atoms with van der Waals surface area (Å²) >= 11 is 5.90. The second kappa shape index (κ2) is 10.5. The molecule has 0 spiro atoms. The molecule has 3 aromatic carbocycles. The number of nitrogens with zero attached hydrogens (tertiary/aromatic N) is 1. The van der Waals surface area contributed by atoms with E-state index in [2.05, 4.69) is 10.3 Å². The van der Waals surface area contributed by atoms with Crippen LogP contribution >= 0.6 is 11.6 Å². The van der Waals surface area contributed by atoms with Gasteiger partial charge in [0.05, 0.1) is 11.6 Å². The van der Waals surface area contributed by atoms with E-state index in [1.807, 2.05) is 72.8 Å². The highest BCUT2D eigenvalue weighted by Gasteiger charge is 2.18. The minimum atomic E-state index is -0.873. The summed E-state index contributed by atoms with van der Waals surface area (Å²) in [5, 5.41) is 14.9. The van der Waals surface area contributed by atoms with Gasteiger partial charge in [-0.15, -0.1) is 0 Å². The van der Waals surface area contributed by atoms with E-state index in [0.717, 1.165) is 34.0 Å². The van der Waals surface area contributed by atoms with Crippen molar-refractivity contribution in [2.45, 2.75) is 25.7 Å². The van der Waals surface area contributed by atoms with Crippen molar-refractivity contribution in [1.29, 1.82) is 0 Å². The Balaban J connectivity index is 1.43. The molecule has 0 saturated carbocycles. The predicted molar refractivity (Wildman–Crippen MR) is 135 cm³/mol. The Hall–Kier alpha value is -3.70. The van der Waals surface area contributed by atoms with Crippen molar-refractivity contribution in [3.05, 3.63) is 112 Å². The molecule has 0 fully saturated rings. The number of aromatic nitrogens is 1. The van der Waals surface area contributed by atoms with Gasteiger partial charge in [0.1, 0.15) is 0 Å². The van der Waals surface area contributed by atoms with Crippen molar-refractivity contribution in [2.75, 3.05) is 6.54 Å². The molecule has 0 aliphatic carbocycles. The lowest BCUT2D eigenvalue weighted by Gasteiger charge is -2.13. The molecule has 1 amide bonds. The predicted octanol–water partition coefficient (Wildman–Crippen LogP) is 5.64. The van der Waals surface area contributed by atoms with E-state index in [0.29, 0.717) is 29.1 Å². The van der Waals surface area contributed by atoms with Crippen LogP contribution in [0.3, 0.4) is 0 Å². The monoisotopic (exact) mass is 472 g/mol. The van der Waals surface area contributed by atoms with Gasteiger partial charge >= 0.3 is 5.97 Å². The summed E-state index contributed by atoms with van der Waals surface area (Å²) in [4.78, 5) is 28.6. The van der Waals surface area contributed by atoms with E-state index in [4.69, 9.17) is 11.6 Å². The van der Waals surface area contributed by atoms with Crippen LogP contribution in [0.5, 0.6) is 0 Å². The van der Waals surface area contributed by atoms with E-state index in [1.54, 1.807) is 13.1 Å². The number of nitrogens with one attached hydrogen (secondary N) is 1. The largest absolute Gasteiger partial charge is 0.481 e. The van der Waals surface area contributed by atoms with Crippen molar-refractivity contribution >= 4 is 34.2 Å². The number of rotatable bonds is 8. The van der Waals surface area contributed by atoms with Crippen molar-refractivity contribution in [2.24, 2.45) is 0 Å². The highest BCUT2D eigenvalue weighted by molar-refractivity contribution is 6.30. The first-order valence-electron chi connectivity index (χ1n) is 11.1. The smallest absolute Gasteiger partial charge is 0.310 e. The quantitative estimate of drug-likeness (QED) is 0.348. The maximum Gasteiger partial charge on any atom is 0.310 e. The molecule has 1 atom stereocenters. The molecule has 34 heavy (non-hydrogen) atoms. The van der Waals surface area contributed by atoms with Crippen LogP contribution in [0.15, 0.2) is 79.0 Å². The normalized spacial score (nSPS) is 11.8. The van der Waals surface area contributed by atoms with Crippen molar-refractivity contribution in [3.63, 3.8) is 0 Å². The van der Waals surface area contributed by atoms with E-state index in [-0.39, 0.29) is 5.91 Å². The Labute approximate surface area is 203 Å². The molecule has 1 unspecified atom stereocenters. The third-order valence-corrected chi connectivity index (χ3v) is 6.20. The van der Waals surface area contributed by atoms with Crippen molar-refractivity contribution < 1.29 is 14.7 Å². The van der Waals surface area contributed by atoms with Gasteiger partial charge in [-0.3, -0.25) is 14.6 Å². The minimum absolute atomic E-state index is 0.115. The van der Waals surface area contributed by atoms with Crippen LogP contribution < -0.4 is 5.32 Å². The molecule has 1 heterocycles. The molecule has 0 bridgehead atoms. The van der Waals surface area contributed by atoms with Gasteiger partial charge in [-0.25, -0.2) is 0 Å². The van der Waals surface area contributed by atoms with Gasteiger partial charge in [0.15, 0.2) is 0 Å². The average molecular weight is 473 g/mol. The number of carbonyl (C=O) groups excluding carboxylic acids is 1. The SMILES string of the molecule is CC(C(=O)O)c1cnc(Cc2ccc(C(=O)NCCc3ccc(Cl)cc3)cc2)c2ccccc12. The van der Waals surface area contributed by atoms with Gasteiger partial charge in [0.25, 0.3) is 5.91 Å². The number of pyridine rings is 1. The van der Waals surface area contributed by atoms with Gasteiger partial charge in [0, 0.05) is 35.1 Å². The van der Waals surface area contributed by atoms with Gasteiger partial charge in [0.2, 0.25) is 0 Å². The Kier molecular flexibility index (Phi) is 7.24. The van der Waals surface area contributed by atoms with Crippen molar-refractivity contribution in [3.8, 4) is 0 Å². The van der Waals surface area contributed by atoms with E-state index >= 15 is 0 Å². The molecule has 0 radical (unpaired) electrons. The highest BCUT2D eigenvalue weighted by Crippen LogP contribution is 2.28. The second-order valence-corrected chi connectivity index (χ2v) is 8.71. The molecule has 0 aliphatic heterocycles. The molecule has 2 N–H and O–H groups in total. The highest BCUT2D eigenvalue weighted by atomic mass is 35.5. The number of carboxylic acid groups (broad SMARTS) is 1. The van der Waals surface area contributed by atoms with Gasteiger partial charge < -0.3 is 10.4 Å². The van der Waals surface area contributed by atoms with Crippen LogP contribution in [0.2, 0.25) is 5.02 Å². The molecular weight excluding hydrogens is 448 g/mol. The first-order chi connectivity index (χ1) is 16.4. The molecule has 172 valence electrons. The number of carbonyl (C=O) groups is 2. The second-order valence-electron chi connectivity index (χ2n) is 8.27. The Morgan fingerprint density at radius 3 is 2.26 bits per heavy atom. The fraction of sp³-hybridized carbons (Fsp3) is 0.179. The molecular formula is C28H25ClN2O3. The van der Waals surface area contributed by atoms with Crippen LogP contribution in [0.4, 0.5) is 0 Å². The third kappa shape index (κ3) is 5.43. The summed E-state index contributed by atoms with van der Waals surface area (Å²) in [6.07, 6.45) is 2.98. The molecule has 6 heteroatoms. The number of hydrogen-bond acceptors (Lipinski definition) is 3. The van der Waals surface area contributed by atoms with E-state index < -0.39 is 11.9 Å². The van der Waals surface area contributed by atoms with Crippen molar-refractivity contribution in [1.82, 2.24) is 10.3 Å². The van der Waals surface area contributed by atoms with Gasteiger partial charge in [-0.05, 0) is 59.7 Å². The number of aliphatic carboxylic acids is 1. The zero-order valence-corrected chi connectivity index (χ0v) is 19.5. The minimum Gasteiger partial charge on any atom is -0.481 e. The van der Waals surface area contributed by atoms with Crippen LogP contribution in [0, 0.1) is 0 Å². The van der Waals surface area contributed by atoms with Crippen LogP contribution in [0.25, 0.3) is 10.8 Å². The summed E-state index contributed by atoms with van der Waals surface area (Å²) in [5.41, 5.74) is 4.32. The first kappa shape index (κ1) is 23.5. The fourth-order valence-corrected chi connectivity index (χ4v) is 4.06. The number of carboxylic acids is 1. The number of hydrogen-bond donors (Lipinski definition) is 2. The standard InChI is InChI=1S/C28H25ClN2O3/c1-18(28(33)34)25-17-31-26(24-5-3-2-4-23(24)25)16-20-6-10-21(11-7-20)27(32)30-15-14-19-8-12-22(29)13-9-19/h2-13,17-18H,14-16H2,1H3,(H,30,32)(H,33,34). The summed E-state index contributed by atoms with van der Waals surface area (Å²) < 4.78 is 0.